The van der Waals surface area contributed by atoms with Crippen LogP contribution in [0.5, 0.6) is 0 Å². The average molecular weight is 318 g/mol. The topological polar surface area (TPSA) is 63.7 Å². The van der Waals surface area contributed by atoms with Gasteiger partial charge in [0.15, 0.2) is 0 Å². The predicted octanol–water partition coefficient (Wildman–Crippen LogP) is 2.88. The van der Waals surface area contributed by atoms with Gasteiger partial charge in [-0.3, -0.25) is 0 Å². The van der Waals surface area contributed by atoms with Crippen LogP contribution in [0.3, 0.4) is 0 Å². The minimum Gasteiger partial charge on any atom is -0.439 e. The number of aryl methyl sites for hydroxylation is 1. The van der Waals surface area contributed by atoms with Gasteiger partial charge in [0.05, 0.1) is 11.4 Å². The Hall–Kier alpha value is -2.34. The molecule has 1 fully saturated rings. The highest BCUT2D eigenvalue weighted by atomic mass is 32.2. The minimum absolute atomic E-state index is 0.0148. The summed E-state index contributed by atoms with van der Waals surface area (Å²) >= 11 is 0. The van der Waals surface area contributed by atoms with Crippen LogP contribution in [0.4, 0.5) is 4.79 Å². The highest BCUT2D eigenvalue weighted by Crippen LogP contribution is 2.30. The van der Waals surface area contributed by atoms with Crippen molar-refractivity contribution in [3.8, 4) is 0 Å². The van der Waals surface area contributed by atoms with Crippen LogP contribution < -0.4 is 0 Å². The molecule has 0 N–H and O–H groups in total. The van der Waals surface area contributed by atoms with E-state index in [0.29, 0.717) is 0 Å². The lowest BCUT2D eigenvalue weighted by Gasteiger charge is -2.13. The van der Waals surface area contributed by atoms with Crippen molar-refractivity contribution >= 4 is 16.1 Å². The number of benzene rings is 2. The number of hydrogen-bond acceptors (Lipinski definition) is 4. The molecule has 1 aliphatic rings. The summed E-state index contributed by atoms with van der Waals surface area (Å²) in [6, 6.07) is 15.5. The number of hydrogen-bond donors (Lipinski definition) is 0. The van der Waals surface area contributed by atoms with Crippen molar-refractivity contribution < 1.29 is 17.9 Å². The Morgan fingerprint density at radius 2 is 1.68 bits per heavy atom. The Kier molecular flexibility index (Phi) is 3.62. The van der Waals surface area contributed by atoms with Crippen LogP contribution >= 0.6 is 0 Å². The Morgan fingerprint density at radius 3 is 2.32 bits per heavy atom. The highest BCUT2D eigenvalue weighted by molar-refractivity contribution is 7.89. The zero-order valence-corrected chi connectivity index (χ0v) is 12.8. The summed E-state index contributed by atoms with van der Waals surface area (Å²) in [5, 5.41) is 0. The smallest absolute Gasteiger partial charge is 0.424 e. The summed E-state index contributed by atoms with van der Waals surface area (Å²) in [6.45, 7) is 1.85. The van der Waals surface area contributed by atoms with E-state index in [1.54, 1.807) is 24.3 Å². The van der Waals surface area contributed by atoms with E-state index >= 15 is 0 Å². The Bertz CT molecular complexity index is 785. The molecular weight excluding hydrogens is 303 g/mol. The monoisotopic (exact) mass is 318 g/mol. The molecule has 0 aromatic heterocycles. The Balaban J connectivity index is 1.89. The van der Waals surface area contributed by atoms with E-state index in [2.05, 4.69) is 0 Å². The number of carbonyl (C=O) groups is 1. The normalized spacial score (nSPS) is 18.3. The quantitative estimate of drug-likeness (QED) is 0.816. The van der Waals surface area contributed by atoms with Gasteiger partial charge < -0.3 is 4.74 Å². The number of amides is 1. The number of sulfonamides is 1. The summed E-state index contributed by atoms with van der Waals surface area (Å²) in [5.41, 5.74) is 1.72. The first-order chi connectivity index (χ1) is 10.5. The molecule has 1 aliphatic heterocycles. The first-order valence-electron chi connectivity index (χ1n) is 6.83. The largest absolute Gasteiger partial charge is 0.439 e. The molecule has 2 aromatic rings. The van der Waals surface area contributed by atoms with Crippen molar-refractivity contribution in [3.63, 3.8) is 0 Å². The number of rotatable bonds is 3. The summed E-state index contributed by atoms with van der Waals surface area (Å²) in [4.78, 5) is 12.1. The van der Waals surface area contributed by atoms with Crippen LogP contribution in [0.1, 0.15) is 17.2 Å². The number of cyclic esters (lactones) is 1. The molecule has 6 heteroatoms. The second-order valence-corrected chi connectivity index (χ2v) is 6.99. The van der Waals surface area contributed by atoms with Crippen molar-refractivity contribution in [1.29, 1.82) is 0 Å². The molecule has 1 atom stereocenters. The van der Waals surface area contributed by atoms with Gasteiger partial charge in [-0.05, 0) is 24.6 Å². The molecule has 22 heavy (non-hydrogen) atoms. The van der Waals surface area contributed by atoms with E-state index in [1.807, 2.05) is 25.1 Å². The molecule has 5 nitrogen and oxygen atoms in total. The van der Waals surface area contributed by atoms with E-state index in [1.165, 1.54) is 12.1 Å². The highest BCUT2D eigenvalue weighted by Gasteiger charge is 2.40. The third-order valence-corrected chi connectivity index (χ3v) is 5.30. The van der Waals surface area contributed by atoms with E-state index in [9.17, 15) is 13.2 Å². The maximum absolute atomic E-state index is 12.6. The maximum Gasteiger partial charge on any atom is 0.424 e. The van der Waals surface area contributed by atoms with Gasteiger partial charge in [0, 0.05) is 0 Å². The molecule has 0 spiro atoms. The number of carbonyl (C=O) groups excluding carboxylic acids is 1. The van der Waals surface area contributed by atoms with Crippen molar-refractivity contribution in [2.45, 2.75) is 17.9 Å². The lowest BCUT2D eigenvalue weighted by atomic mass is 10.1. The Morgan fingerprint density at radius 1 is 1.05 bits per heavy atom. The Labute approximate surface area is 129 Å². The molecule has 3 rings (SSSR count). The van der Waals surface area contributed by atoms with Crippen LogP contribution in [0, 0.1) is 6.92 Å². The maximum atomic E-state index is 12.6. The lowest BCUT2D eigenvalue weighted by Crippen LogP contribution is -2.31. The van der Waals surface area contributed by atoms with Gasteiger partial charge in [-0.25, -0.2) is 13.2 Å². The van der Waals surface area contributed by atoms with E-state index in [4.69, 9.17) is 4.74 Å². The minimum atomic E-state index is -3.89. The van der Waals surface area contributed by atoms with Gasteiger partial charge in [0.25, 0.3) is 10.0 Å². The SMILES string of the molecule is Cc1ccc(S(=O)(=O)N2CC(c3ccccc3)O[13C]2=O)cc1. The molecule has 0 bridgehead atoms. The summed E-state index contributed by atoms with van der Waals surface area (Å²) < 4.78 is 31.1. The van der Waals surface area contributed by atoms with Gasteiger partial charge in [-0.1, -0.05) is 48.0 Å². The van der Waals surface area contributed by atoms with Gasteiger partial charge >= 0.3 is 6.09 Å². The second-order valence-electron chi connectivity index (χ2n) is 5.13. The fourth-order valence-corrected chi connectivity index (χ4v) is 3.62. The van der Waals surface area contributed by atoms with Gasteiger partial charge in [-0.2, -0.15) is 4.31 Å². The van der Waals surface area contributed by atoms with Crippen LogP contribution in [0.25, 0.3) is 0 Å². The van der Waals surface area contributed by atoms with Crippen molar-refractivity contribution in [1.82, 2.24) is 4.31 Å². The summed E-state index contributed by atoms with van der Waals surface area (Å²) in [7, 11) is -3.89. The zero-order valence-electron chi connectivity index (χ0n) is 12.0. The molecule has 114 valence electrons. The van der Waals surface area contributed by atoms with Gasteiger partial charge in [0.1, 0.15) is 6.10 Å². The van der Waals surface area contributed by atoms with Gasteiger partial charge in [-0.15, -0.1) is 0 Å². The third-order valence-electron chi connectivity index (χ3n) is 3.56. The molecule has 1 heterocycles. The third kappa shape index (κ3) is 2.57. The van der Waals surface area contributed by atoms with Crippen LogP contribution in [-0.4, -0.2) is 25.4 Å². The van der Waals surface area contributed by atoms with E-state index in [-0.39, 0.29) is 11.4 Å². The first-order valence-corrected chi connectivity index (χ1v) is 8.27. The first kappa shape index (κ1) is 14.6. The fraction of sp³-hybridized carbons (Fsp3) is 0.188. The zero-order chi connectivity index (χ0) is 15.7. The molecule has 0 radical (unpaired) electrons. The standard InChI is InChI=1S/C16H15NO4S/c1-12-7-9-14(10-8-12)22(19,20)17-11-15(21-16(17)18)13-5-3-2-4-6-13/h2-10,15H,11H2,1H3/i16+1. The molecule has 1 saturated heterocycles. The molecule has 2 aromatic carbocycles. The number of nitrogens with zero attached hydrogens (tertiary/aromatic N) is 1. The predicted molar refractivity (Wildman–Crippen MR) is 80.7 cm³/mol. The molecular formula is C16H15NO4S. The van der Waals surface area contributed by atoms with Crippen LogP contribution in [0.15, 0.2) is 59.5 Å². The molecule has 1 unspecified atom stereocenters. The summed E-state index contributed by atoms with van der Waals surface area (Å²) in [6.07, 6.45) is -1.41. The van der Waals surface area contributed by atoms with E-state index < -0.39 is 22.2 Å². The molecule has 1 amide bonds. The fourth-order valence-electron chi connectivity index (χ4n) is 2.32. The van der Waals surface area contributed by atoms with Crippen LogP contribution in [0.2, 0.25) is 0 Å². The molecule has 0 saturated carbocycles. The lowest BCUT2D eigenvalue weighted by molar-refractivity contribution is 0.137. The van der Waals surface area contributed by atoms with Crippen molar-refractivity contribution in [3.05, 3.63) is 65.7 Å². The molecule has 0 aliphatic carbocycles. The summed E-state index contributed by atoms with van der Waals surface area (Å²) in [5.74, 6) is 0. The van der Waals surface area contributed by atoms with Crippen molar-refractivity contribution in [2.75, 3.05) is 6.54 Å². The number of ether oxygens (including phenoxy) is 1. The van der Waals surface area contributed by atoms with Crippen LogP contribution in [-0.2, 0) is 14.8 Å². The van der Waals surface area contributed by atoms with Crippen molar-refractivity contribution in [2.24, 2.45) is 0 Å². The average Bonchev–Trinajstić information content (AvgIpc) is 2.91. The van der Waals surface area contributed by atoms with E-state index in [0.717, 1.165) is 15.4 Å². The second kappa shape index (κ2) is 5.46. The van der Waals surface area contributed by atoms with Gasteiger partial charge in [0.2, 0.25) is 0 Å².